The first-order chi connectivity index (χ1) is 13.9. The van der Waals surface area contributed by atoms with Gasteiger partial charge in [0.25, 0.3) is 0 Å². The lowest BCUT2D eigenvalue weighted by molar-refractivity contribution is 0.613. The maximum absolute atomic E-state index is 5.50. The van der Waals surface area contributed by atoms with Gasteiger partial charge < -0.3 is 32.7 Å². The maximum Gasteiger partial charge on any atom is 0.0212 e. The topological polar surface area (TPSA) is 100 Å². The molecule has 0 fully saturated rings. The standard InChI is InChI=1S/C22H36N6/c23-9-11-25-13-15-27-17-19-5-1-3-7-21(19)22-8-4-2-6-20(22)18-28-16-14-26-12-10-24/h1-8,25-28H,9-18,23-24H2. The van der Waals surface area contributed by atoms with E-state index in [-0.39, 0.29) is 0 Å². The van der Waals surface area contributed by atoms with E-state index in [0.29, 0.717) is 13.1 Å². The number of nitrogens with two attached hydrogens (primary N) is 2. The van der Waals surface area contributed by atoms with E-state index < -0.39 is 0 Å². The van der Waals surface area contributed by atoms with Gasteiger partial charge in [-0.15, -0.1) is 0 Å². The van der Waals surface area contributed by atoms with Crippen molar-refractivity contribution in [3.05, 3.63) is 59.7 Å². The molecule has 0 aliphatic heterocycles. The highest BCUT2D eigenvalue weighted by molar-refractivity contribution is 5.70. The summed E-state index contributed by atoms with van der Waals surface area (Å²) in [5.74, 6) is 0. The van der Waals surface area contributed by atoms with E-state index in [4.69, 9.17) is 11.5 Å². The third-order valence-electron chi connectivity index (χ3n) is 4.56. The van der Waals surface area contributed by atoms with Crippen molar-refractivity contribution in [2.45, 2.75) is 13.1 Å². The normalized spacial score (nSPS) is 11.1. The Hall–Kier alpha value is -1.80. The van der Waals surface area contributed by atoms with Crippen molar-refractivity contribution < 1.29 is 0 Å². The minimum absolute atomic E-state index is 0.677. The predicted molar refractivity (Wildman–Crippen MR) is 119 cm³/mol. The van der Waals surface area contributed by atoms with Gasteiger partial charge in [0.05, 0.1) is 0 Å². The van der Waals surface area contributed by atoms with Gasteiger partial charge in [0.15, 0.2) is 0 Å². The van der Waals surface area contributed by atoms with E-state index in [1.807, 2.05) is 0 Å². The zero-order valence-corrected chi connectivity index (χ0v) is 16.8. The summed E-state index contributed by atoms with van der Waals surface area (Å²) < 4.78 is 0. The molecule has 154 valence electrons. The highest BCUT2D eigenvalue weighted by Gasteiger charge is 2.08. The fraction of sp³-hybridized carbons (Fsp3) is 0.455. The summed E-state index contributed by atoms with van der Waals surface area (Å²) in [5, 5.41) is 13.7. The first-order valence-electron chi connectivity index (χ1n) is 10.3. The first kappa shape index (κ1) is 22.5. The molecule has 0 saturated carbocycles. The molecular weight excluding hydrogens is 348 g/mol. The van der Waals surface area contributed by atoms with Crippen LogP contribution in [0.4, 0.5) is 0 Å². The smallest absolute Gasteiger partial charge is 0.0212 e. The average Bonchev–Trinajstić information content (AvgIpc) is 2.74. The van der Waals surface area contributed by atoms with Crippen LogP contribution in [-0.4, -0.2) is 52.4 Å². The van der Waals surface area contributed by atoms with Crippen LogP contribution >= 0.6 is 0 Å². The molecule has 0 spiro atoms. The monoisotopic (exact) mass is 384 g/mol. The minimum Gasteiger partial charge on any atom is -0.329 e. The van der Waals surface area contributed by atoms with Gasteiger partial charge in [0, 0.05) is 65.4 Å². The molecule has 0 atom stereocenters. The highest BCUT2D eigenvalue weighted by Crippen LogP contribution is 2.27. The molecule has 0 heterocycles. The second-order valence-electron chi connectivity index (χ2n) is 6.75. The number of benzene rings is 2. The highest BCUT2D eigenvalue weighted by atomic mass is 14.9. The van der Waals surface area contributed by atoms with Gasteiger partial charge in [-0.1, -0.05) is 48.5 Å². The average molecular weight is 385 g/mol. The van der Waals surface area contributed by atoms with Crippen LogP contribution in [0.2, 0.25) is 0 Å². The molecule has 0 unspecified atom stereocenters. The van der Waals surface area contributed by atoms with Crippen LogP contribution in [-0.2, 0) is 13.1 Å². The minimum atomic E-state index is 0.677. The SMILES string of the molecule is NCCNCCNCc1ccccc1-c1ccccc1CNCCNCCN. The van der Waals surface area contributed by atoms with Crippen molar-refractivity contribution in [3.8, 4) is 11.1 Å². The Labute approximate surface area is 169 Å². The van der Waals surface area contributed by atoms with E-state index in [9.17, 15) is 0 Å². The zero-order valence-electron chi connectivity index (χ0n) is 16.8. The molecular formula is C22H36N6. The summed E-state index contributed by atoms with van der Waals surface area (Å²) in [5.41, 5.74) is 16.2. The second kappa shape index (κ2) is 14.2. The Balaban J connectivity index is 1.95. The van der Waals surface area contributed by atoms with Gasteiger partial charge in [-0.25, -0.2) is 0 Å². The molecule has 28 heavy (non-hydrogen) atoms. The number of rotatable bonds is 15. The lowest BCUT2D eigenvalue weighted by atomic mass is 9.95. The Morgan fingerprint density at radius 3 is 1.32 bits per heavy atom. The van der Waals surface area contributed by atoms with Crippen molar-refractivity contribution in [3.63, 3.8) is 0 Å². The largest absolute Gasteiger partial charge is 0.329 e. The third-order valence-corrected chi connectivity index (χ3v) is 4.56. The van der Waals surface area contributed by atoms with Crippen LogP contribution in [0, 0.1) is 0 Å². The van der Waals surface area contributed by atoms with Crippen LogP contribution in [0.1, 0.15) is 11.1 Å². The van der Waals surface area contributed by atoms with E-state index in [1.165, 1.54) is 22.3 Å². The fourth-order valence-electron chi connectivity index (χ4n) is 3.13. The van der Waals surface area contributed by atoms with E-state index in [0.717, 1.165) is 52.4 Å². The van der Waals surface area contributed by atoms with Gasteiger partial charge in [-0.05, 0) is 22.3 Å². The molecule has 2 rings (SSSR count). The van der Waals surface area contributed by atoms with Gasteiger partial charge in [-0.2, -0.15) is 0 Å². The molecule has 0 aliphatic rings. The van der Waals surface area contributed by atoms with Crippen molar-refractivity contribution in [1.82, 2.24) is 21.3 Å². The maximum atomic E-state index is 5.50. The molecule has 0 bridgehead atoms. The van der Waals surface area contributed by atoms with E-state index in [1.54, 1.807) is 0 Å². The lowest BCUT2D eigenvalue weighted by Gasteiger charge is -2.15. The molecule has 2 aromatic rings. The molecule has 0 saturated heterocycles. The molecule has 0 aliphatic carbocycles. The van der Waals surface area contributed by atoms with Crippen LogP contribution in [0.3, 0.4) is 0 Å². The fourth-order valence-corrected chi connectivity index (χ4v) is 3.13. The molecule has 0 amide bonds. The van der Waals surface area contributed by atoms with Crippen LogP contribution in [0.25, 0.3) is 11.1 Å². The van der Waals surface area contributed by atoms with Crippen molar-refractivity contribution in [2.75, 3.05) is 52.4 Å². The molecule has 2 aromatic carbocycles. The Morgan fingerprint density at radius 2 is 0.893 bits per heavy atom. The number of hydrogen-bond acceptors (Lipinski definition) is 6. The Bertz CT molecular complexity index is 603. The second-order valence-corrected chi connectivity index (χ2v) is 6.75. The van der Waals surface area contributed by atoms with Gasteiger partial charge in [0.2, 0.25) is 0 Å². The van der Waals surface area contributed by atoms with Gasteiger partial charge >= 0.3 is 0 Å². The van der Waals surface area contributed by atoms with Crippen molar-refractivity contribution in [2.24, 2.45) is 11.5 Å². The summed E-state index contributed by atoms with van der Waals surface area (Å²) in [7, 11) is 0. The summed E-state index contributed by atoms with van der Waals surface area (Å²) in [4.78, 5) is 0. The summed E-state index contributed by atoms with van der Waals surface area (Å²) >= 11 is 0. The summed E-state index contributed by atoms with van der Waals surface area (Å²) in [6, 6.07) is 17.3. The van der Waals surface area contributed by atoms with E-state index in [2.05, 4.69) is 69.8 Å². The Kier molecular flexibility index (Phi) is 11.4. The molecule has 0 radical (unpaired) electrons. The predicted octanol–water partition coefficient (Wildman–Crippen LogP) is 0.629. The van der Waals surface area contributed by atoms with Crippen LogP contribution < -0.4 is 32.7 Å². The molecule has 6 nitrogen and oxygen atoms in total. The van der Waals surface area contributed by atoms with Gasteiger partial charge in [-0.3, -0.25) is 0 Å². The quantitative estimate of drug-likeness (QED) is 0.252. The summed E-state index contributed by atoms with van der Waals surface area (Å²) in [6.45, 7) is 8.49. The van der Waals surface area contributed by atoms with Crippen LogP contribution in [0.5, 0.6) is 0 Å². The summed E-state index contributed by atoms with van der Waals surface area (Å²) in [6.07, 6.45) is 0. The number of nitrogens with one attached hydrogen (secondary N) is 4. The van der Waals surface area contributed by atoms with Crippen molar-refractivity contribution in [1.29, 1.82) is 0 Å². The number of hydrogen-bond donors (Lipinski definition) is 6. The molecule has 0 aromatic heterocycles. The van der Waals surface area contributed by atoms with Crippen molar-refractivity contribution >= 4 is 0 Å². The molecule has 6 heteroatoms. The Morgan fingerprint density at radius 1 is 0.500 bits per heavy atom. The van der Waals surface area contributed by atoms with Gasteiger partial charge in [0.1, 0.15) is 0 Å². The zero-order chi connectivity index (χ0) is 19.9. The lowest BCUT2D eigenvalue weighted by Crippen LogP contribution is -2.30. The first-order valence-corrected chi connectivity index (χ1v) is 10.3. The van der Waals surface area contributed by atoms with Crippen LogP contribution in [0.15, 0.2) is 48.5 Å². The molecule has 8 N–H and O–H groups in total. The van der Waals surface area contributed by atoms with E-state index >= 15 is 0 Å². The third kappa shape index (κ3) is 8.06.